The Kier molecular flexibility index (Phi) is 5.22. The first-order valence-corrected chi connectivity index (χ1v) is 5.55. The van der Waals surface area contributed by atoms with Crippen molar-refractivity contribution in [2.24, 2.45) is 0 Å². The molecule has 0 spiro atoms. The van der Waals surface area contributed by atoms with Crippen LogP contribution in [0.5, 0.6) is 0 Å². The highest BCUT2D eigenvalue weighted by Crippen LogP contribution is 2.12. The molecule has 0 radical (unpaired) electrons. The molecule has 0 aliphatic heterocycles. The van der Waals surface area contributed by atoms with Crippen molar-refractivity contribution in [1.29, 1.82) is 0 Å². The maximum atomic E-state index is 11.8. The molecular weight excluding hydrogens is 295 g/mol. The molecular formula is C11H10F3N3O4. The number of benzene rings is 1. The average molecular weight is 305 g/mol. The Morgan fingerprint density at radius 1 is 1.14 bits per heavy atom. The molecule has 0 saturated heterocycles. The highest BCUT2D eigenvalue weighted by Gasteiger charge is 2.27. The van der Waals surface area contributed by atoms with Crippen LogP contribution in [0, 0.1) is 10.1 Å². The highest BCUT2D eigenvalue weighted by atomic mass is 19.4. The average Bonchev–Trinajstić information content (AvgIpc) is 2.41. The van der Waals surface area contributed by atoms with Crippen molar-refractivity contribution in [2.45, 2.75) is 6.18 Å². The summed E-state index contributed by atoms with van der Waals surface area (Å²) in [6.45, 7) is -2.12. The summed E-state index contributed by atoms with van der Waals surface area (Å²) in [5, 5.41) is 14.1. The molecule has 10 heteroatoms. The number of carbonyl (C=O) groups excluding carboxylic acids is 2. The number of non-ortho nitro benzene ring substituents is 1. The van der Waals surface area contributed by atoms with Gasteiger partial charge in [0.25, 0.3) is 11.6 Å². The predicted molar refractivity (Wildman–Crippen MR) is 64.5 cm³/mol. The number of amides is 2. The minimum absolute atomic E-state index is 0.0456. The van der Waals surface area contributed by atoms with Crippen LogP contribution in [0.25, 0.3) is 0 Å². The van der Waals surface area contributed by atoms with E-state index in [0.29, 0.717) is 0 Å². The molecule has 0 saturated carbocycles. The molecule has 1 aromatic carbocycles. The first kappa shape index (κ1) is 16.4. The van der Waals surface area contributed by atoms with Crippen LogP contribution in [0.4, 0.5) is 18.9 Å². The Morgan fingerprint density at radius 3 is 2.19 bits per heavy atom. The second-order valence-corrected chi connectivity index (χ2v) is 3.88. The van der Waals surface area contributed by atoms with E-state index in [-0.39, 0.29) is 11.3 Å². The standard InChI is InChI=1S/C11H10F3N3O4/c12-11(13,14)6-16-9(18)5-15-10(19)7-1-3-8(4-2-7)17(20)21/h1-4H,5-6H2,(H,15,19)(H,16,18). The van der Waals surface area contributed by atoms with Gasteiger partial charge < -0.3 is 10.6 Å². The van der Waals surface area contributed by atoms with Gasteiger partial charge in [0, 0.05) is 17.7 Å². The monoisotopic (exact) mass is 305 g/mol. The summed E-state index contributed by atoms with van der Waals surface area (Å²) in [6.07, 6.45) is -4.53. The third-order valence-corrected chi connectivity index (χ3v) is 2.24. The molecule has 0 aromatic heterocycles. The van der Waals surface area contributed by atoms with Crippen LogP contribution in [0.15, 0.2) is 24.3 Å². The molecule has 0 heterocycles. The van der Waals surface area contributed by atoms with Gasteiger partial charge in [-0.15, -0.1) is 0 Å². The van der Waals surface area contributed by atoms with Gasteiger partial charge in [0.1, 0.15) is 6.54 Å². The molecule has 2 N–H and O–H groups in total. The van der Waals surface area contributed by atoms with Crippen LogP contribution in [-0.4, -0.2) is 36.0 Å². The largest absolute Gasteiger partial charge is 0.405 e. The molecule has 2 amide bonds. The zero-order chi connectivity index (χ0) is 16.0. The number of alkyl halides is 3. The zero-order valence-corrected chi connectivity index (χ0v) is 10.4. The topological polar surface area (TPSA) is 101 Å². The number of nitrogens with one attached hydrogen (secondary N) is 2. The van der Waals surface area contributed by atoms with Gasteiger partial charge in [0.15, 0.2) is 0 Å². The van der Waals surface area contributed by atoms with Crippen molar-refractivity contribution in [2.75, 3.05) is 13.1 Å². The Labute approximate surface area is 116 Å². The summed E-state index contributed by atoms with van der Waals surface area (Å²) in [6, 6.07) is 4.53. The van der Waals surface area contributed by atoms with E-state index in [4.69, 9.17) is 0 Å². The summed E-state index contributed by atoms with van der Waals surface area (Å²) in [5.74, 6) is -1.73. The van der Waals surface area contributed by atoms with Gasteiger partial charge in [-0.05, 0) is 12.1 Å². The van der Waals surface area contributed by atoms with Crippen LogP contribution in [0.3, 0.4) is 0 Å². The maximum Gasteiger partial charge on any atom is 0.405 e. The predicted octanol–water partition coefficient (Wildman–Crippen LogP) is 1.00. The lowest BCUT2D eigenvalue weighted by Crippen LogP contribution is -2.40. The second-order valence-electron chi connectivity index (χ2n) is 3.88. The quantitative estimate of drug-likeness (QED) is 0.626. The minimum Gasteiger partial charge on any atom is -0.345 e. The number of nitro benzene ring substituents is 1. The Morgan fingerprint density at radius 2 is 1.71 bits per heavy atom. The van der Waals surface area contributed by atoms with Crippen molar-refractivity contribution in [3.63, 3.8) is 0 Å². The number of nitrogens with zero attached hydrogens (tertiary/aromatic N) is 1. The SMILES string of the molecule is O=C(CNC(=O)c1ccc([N+](=O)[O-])cc1)NCC(F)(F)F. The Hall–Kier alpha value is -2.65. The summed E-state index contributed by atoms with van der Waals surface area (Å²) in [7, 11) is 0. The first-order chi connectivity index (χ1) is 9.69. The third-order valence-electron chi connectivity index (χ3n) is 2.24. The summed E-state index contributed by atoms with van der Waals surface area (Å²) in [4.78, 5) is 32.4. The molecule has 1 aromatic rings. The van der Waals surface area contributed by atoms with Gasteiger partial charge in [-0.1, -0.05) is 0 Å². The van der Waals surface area contributed by atoms with Gasteiger partial charge in [-0.2, -0.15) is 13.2 Å². The maximum absolute atomic E-state index is 11.8. The van der Waals surface area contributed by atoms with E-state index < -0.39 is 36.0 Å². The number of halogens is 3. The zero-order valence-electron chi connectivity index (χ0n) is 10.4. The van der Waals surface area contributed by atoms with Crippen molar-refractivity contribution in [1.82, 2.24) is 10.6 Å². The molecule has 0 fully saturated rings. The third kappa shape index (κ3) is 5.89. The number of carbonyl (C=O) groups is 2. The fourth-order valence-corrected chi connectivity index (χ4v) is 1.26. The molecule has 114 valence electrons. The molecule has 21 heavy (non-hydrogen) atoms. The van der Waals surface area contributed by atoms with Gasteiger partial charge in [0.2, 0.25) is 5.91 Å². The lowest BCUT2D eigenvalue weighted by Gasteiger charge is -2.09. The molecule has 0 unspecified atom stereocenters. The first-order valence-electron chi connectivity index (χ1n) is 5.55. The van der Waals surface area contributed by atoms with Gasteiger partial charge in [0.05, 0.1) is 11.5 Å². The molecule has 7 nitrogen and oxygen atoms in total. The fraction of sp³-hybridized carbons (Fsp3) is 0.273. The Bertz CT molecular complexity index is 543. The smallest absolute Gasteiger partial charge is 0.345 e. The van der Waals surface area contributed by atoms with E-state index in [1.807, 2.05) is 0 Å². The Balaban J connectivity index is 2.46. The number of hydrogen-bond acceptors (Lipinski definition) is 4. The van der Waals surface area contributed by atoms with Crippen LogP contribution in [-0.2, 0) is 4.79 Å². The van der Waals surface area contributed by atoms with Crippen LogP contribution in [0.2, 0.25) is 0 Å². The molecule has 0 aliphatic carbocycles. The summed E-state index contributed by atoms with van der Waals surface area (Å²) < 4.78 is 35.5. The van der Waals surface area contributed by atoms with E-state index in [1.54, 1.807) is 5.32 Å². The highest BCUT2D eigenvalue weighted by molar-refractivity contribution is 5.96. The number of rotatable bonds is 5. The van der Waals surface area contributed by atoms with E-state index in [0.717, 1.165) is 12.1 Å². The lowest BCUT2D eigenvalue weighted by atomic mass is 10.2. The lowest BCUT2D eigenvalue weighted by molar-refractivity contribution is -0.384. The normalized spacial score (nSPS) is 10.8. The minimum atomic E-state index is -4.53. The van der Waals surface area contributed by atoms with Gasteiger partial charge in [-0.3, -0.25) is 19.7 Å². The molecule has 0 bridgehead atoms. The van der Waals surface area contributed by atoms with Crippen molar-refractivity contribution in [3.05, 3.63) is 39.9 Å². The van der Waals surface area contributed by atoms with Crippen LogP contribution in [0.1, 0.15) is 10.4 Å². The van der Waals surface area contributed by atoms with E-state index in [1.165, 1.54) is 12.1 Å². The number of nitro groups is 1. The van der Waals surface area contributed by atoms with E-state index >= 15 is 0 Å². The van der Waals surface area contributed by atoms with Crippen molar-refractivity contribution in [3.8, 4) is 0 Å². The van der Waals surface area contributed by atoms with E-state index in [9.17, 15) is 32.9 Å². The van der Waals surface area contributed by atoms with Gasteiger partial charge in [-0.25, -0.2) is 0 Å². The van der Waals surface area contributed by atoms with E-state index in [2.05, 4.69) is 5.32 Å². The van der Waals surface area contributed by atoms with Crippen molar-refractivity contribution >= 4 is 17.5 Å². The molecule has 0 atom stereocenters. The summed E-state index contributed by atoms with van der Waals surface area (Å²) in [5.41, 5.74) is -0.168. The molecule has 0 aliphatic rings. The summed E-state index contributed by atoms with van der Waals surface area (Å²) >= 11 is 0. The second kappa shape index (κ2) is 6.68. The van der Waals surface area contributed by atoms with Crippen LogP contribution < -0.4 is 10.6 Å². The van der Waals surface area contributed by atoms with Crippen molar-refractivity contribution < 1.29 is 27.7 Å². The van der Waals surface area contributed by atoms with Gasteiger partial charge >= 0.3 is 6.18 Å². The number of hydrogen-bond donors (Lipinski definition) is 2. The fourth-order valence-electron chi connectivity index (χ4n) is 1.26. The van der Waals surface area contributed by atoms with Crippen LogP contribution >= 0.6 is 0 Å². The molecule has 1 rings (SSSR count).